The molecule has 0 aliphatic heterocycles. The van der Waals surface area contributed by atoms with Crippen molar-refractivity contribution in [3.05, 3.63) is 27.7 Å². The second-order valence-corrected chi connectivity index (χ2v) is 6.23. The van der Waals surface area contributed by atoms with Crippen LogP contribution >= 0.6 is 27.5 Å². The van der Waals surface area contributed by atoms with E-state index in [0.29, 0.717) is 6.04 Å². The summed E-state index contributed by atoms with van der Waals surface area (Å²) in [5, 5.41) is 4.32. The molecule has 16 heavy (non-hydrogen) atoms. The van der Waals surface area contributed by atoms with E-state index in [0.717, 1.165) is 27.0 Å². The molecular weight excluding hydrogens is 286 g/mol. The number of hydrogen-bond acceptors (Lipinski definition) is 1. The molecule has 1 aliphatic carbocycles. The van der Waals surface area contributed by atoms with Crippen LogP contribution in [0.5, 0.6) is 0 Å². The molecule has 1 saturated carbocycles. The van der Waals surface area contributed by atoms with Gasteiger partial charge in [0.1, 0.15) is 0 Å². The van der Waals surface area contributed by atoms with Gasteiger partial charge < -0.3 is 5.32 Å². The van der Waals surface area contributed by atoms with Gasteiger partial charge in [0.05, 0.1) is 0 Å². The summed E-state index contributed by atoms with van der Waals surface area (Å²) in [4.78, 5) is 0. The molecule has 0 radical (unpaired) electrons. The third-order valence-electron chi connectivity index (χ3n) is 3.41. The van der Waals surface area contributed by atoms with Crippen LogP contribution in [-0.4, -0.2) is 6.04 Å². The van der Waals surface area contributed by atoms with Crippen molar-refractivity contribution in [1.29, 1.82) is 0 Å². The van der Waals surface area contributed by atoms with Crippen LogP contribution in [0.1, 0.15) is 26.7 Å². The van der Waals surface area contributed by atoms with Crippen LogP contribution in [-0.2, 0) is 0 Å². The van der Waals surface area contributed by atoms with Crippen molar-refractivity contribution >= 4 is 33.2 Å². The van der Waals surface area contributed by atoms with Crippen molar-refractivity contribution in [2.75, 3.05) is 5.32 Å². The zero-order valence-corrected chi connectivity index (χ0v) is 12.0. The third-order valence-corrected chi connectivity index (χ3v) is 4.30. The van der Waals surface area contributed by atoms with Gasteiger partial charge in [0.15, 0.2) is 0 Å². The Morgan fingerprint density at radius 3 is 2.62 bits per heavy atom. The minimum absolute atomic E-state index is 0.630. The molecule has 1 aliphatic rings. The van der Waals surface area contributed by atoms with E-state index >= 15 is 0 Å². The van der Waals surface area contributed by atoms with Crippen LogP contribution in [0.2, 0.25) is 5.02 Å². The lowest BCUT2D eigenvalue weighted by Gasteiger charge is -2.39. The number of halogens is 2. The Kier molecular flexibility index (Phi) is 3.81. The topological polar surface area (TPSA) is 12.0 Å². The van der Waals surface area contributed by atoms with Crippen molar-refractivity contribution in [3.63, 3.8) is 0 Å². The van der Waals surface area contributed by atoms with Gasteiger partial charge in [0.2, 0.25) is 0 Å². The first-order valence-corrected chi connectivity index (χ1v) is 6.95. The highest BCUT2D eigenvalue weighted by atomic mass is 79.9. The molecule has 1 aromatic carbocycles. The first-order chi connectivity index (χ1) is 7.56. The van der Waals surface area contributed by atoms with Crippen molar-refractivity contribution < 1.29 is 0 Å². The van der Waals surface area contributed by atoms with E-state index in [-0.39, 0.29) is 0 Å². The predicted molar refractivity (Wildman–Crippen MR) is 74.1 cm³/mol. The second-order valence-electron chi connectivity index (χ2n) is 4.94. The standard InChI is InChI=1S/C13H17BrClN/c1-8(2)9-5-11(6-9)16-13-4-3-10(15)7-12(13)14/h3-4,7-9,11,16H,5-6H2,1-2H3. The van der Waals surface area contributed by atoms with Crippen LogP contribution in [0.15, 0.2) is 22.7 Å². The number of nitrogens with one attached hydrogen (secondary N) is 1. The quantitative estimate of drug-likeness (QED) is 0.833. The first kappa shape index (κ1) is 12.3. The normalized spacial score (nSPS) is 24.3. The van der Waals surface area contributed by atoms with Gasteiger partial charge in [0.25, 0.3) is 0 Å². The number of benzene rings is 1. The summed E-state index contributed by atoms with van der Waals surface area (Å²) < 4.78 is 1.05. The molecule has 2 rings (SSSR count). The van der Waals surface area contributed by atoms with Gasteiger partial charge in [-0.1, -0.05) is 25.4 Å². The smallest absolute Gasteiger partial charge is 0.0487 e. The molecular formula is C13H17BrClN. The van der Waals surface area contributed by atoms with Gasteiger partial charge in [-0.2, -0.15) is 0 Å². The molecule has 0 heterocycles. The summed E-state index contributed by atoms with van der Waals surface area (Å²) >= 11 is 9.43. The van der Waals surface area contributed by atoms with Crippen LogP contribution in [0.3, 0.4) is 0 Å². The summed E-state index contributed by atoms with van der Waals surface area (Å²) in [5.41, 5.74) is 1.15. The average molecular weight is 303 g/mol. The predicted octanol–water partition coefficient (Wildman–Crippen LogP) is 4.95. The van der Waals surface area contributed by atoms with Gasteiger partial charge >= 0.3 is 0 Å². The number of rotatable bonds is 3. The van der Waals surface area contributed by atoms with Crippen LogP contribution in [0.4, 0.5) is 5.69 Å². The molecule has 0 atom stereocenters. The molecule has 0 bridgehead atoms. The fourth-order valence-electron chi connectivity index (χ4n) is 2.15. The summed E-state index contributed by atoms with van der Waals surface area (Å²) in [6, 6.07) is 6.52. The zero-order valence-electron chi connectivity index (χ0n) is 9.63. The number of hydrogen-bond donors (Lipinski definition) is 1. The van der Waals surface area contributed by atoms with Crippen molar-refractivity contribution in [1.82, 2.24) is 0 Å². The monoisotopic (exact) mass is 301 g/mol. The minimum atomic E-state index is 0.630. The molecule has 0 unspecified atom stereocenters. The molecule has 3 heteroatoms. The fraction of sp³-hybridized carbons (Fsp3) is 0.538. The van der Waals surface area contributed by atoms with Crippen molar-refractivity contribution in [2.45, 2.75) is 32.7 Å². The highest BCUT2D eigenvalue weighted by Crippen LogP contribution is 2.37. The molecule has 0 spiro atoms. The fourth-order valence-corrected chi connectivity index (χ4v) is 2.95. The molecule has 0 amide bonds. The van der Waals surface area contributed by atoms with E-state index < -0.39 is 0 Å². The Bertz CT molecular complexity index is 372. The van der Waals surface area contributed by atoms with Crippen molar-refractivity contribution in [3.8, 4) is 0 Å². The molecule has 1 N–H and O–H groups in total. The van der Waals surface area contributed by atoms with E-state index in [2.05, 4.69) is 35.1 Å². The lowest BCUT2D eigenvalue weighted by Crippen LogP contribution is -2.37. The van der Waals surface area contributed by atoms with Gasteiger partial charge in [-0.05, 0) is 58.8 Å². The van der Waals surface area contributed by atoms with E-state index in [1.54, 1.807) is 0 Å². The highest BCUT2D eigenvalue weighted by molar-refractivity contribution is 9.10. The maximum absolute atomic E-state index is 5.91. The highest BCUT2D eigenvalue weighted by Gasteiger charge is 2.31. The summed E-state index contributed by atoms with van der Waals surface area (Å²) in [7, 11) is 0. The van der Waals surface area contributed by atoms with Gasteiger partial charge in [-0.3, -0.25) is 0 Å². The molecule has 0 saturated heterocycles. The Hall–Kier alpha value is -0.210. The van der Waals surface area contributed by atoms with Crippen LogP contribution in [0.25, 0.3) is 0 Å². The third kappa shape index (κ3) is 2.72. The maximum atomic E-state index is 5.91. The lowest BCUT2D eigenvalue weighted by atomic mass is 9.73. The summed E-state index contributed by atoms with van der Waals surface area (Å²) in [6.07, 6.45) is 2.57. The Morgan fingerprint density at radius 1 is 1.38 bits per heavy atom. The lowest BCUT2D eigenvalue weighted by molar-refractivity contribution is 0.212. The summed E-state index contributed by atoms with van der Waals surface area (Å²) in [5.74, 6) is 1.70. The van der Waals surface area contributed by atoms with E-state index in [1.807, 2.05) is 18.2 Å². The second kappa shape index (κ2) is 4.97. The largest absolute Gasteiger partial charge is 0.381 e. The van der Waals surface area contributed by atoms with Crippen LogP contribution < -0.4 is 5.32 Å². The van der Waals surface area contributed by atoms with E-state index in [9.17, 15) is 0 Å². The van der Waals surface area contributed by atoms with Gasteiger partial charge in [0, 0.05) is 21.2 Å². The van der Waals surface area contributed by atoms with Gasteiger partial charge in [-0.15, -0.1) is 0 Å². The molecule has 88 valence electrons. The van der Waals surface area contributed by atoms with Gasteiger partial charge in [-0.25, -0.2) is 0 Å². The Labute approximate surface area is 111 Å². The molecule has 1 fully saturated rings. The SMILES string of the molecule is CC(C)C1CC(Nc2ccc(Cl)cc2Br)C1. The molecule has 0 aromatic heterocycles. The average Bonchev–Trinajstić information content (AvgIpc) is 2.12. The van der Waals surface area contributed by atoms with Crippen LogP contribution in [0, 0.1) is 11.8 Å². The molecule has 1 aromatic rings. The van der Waals surface area contributed by atoms with E-state index in [1.165, 1.54) is 12.8 Å². The maximum Gasteiger partial charge on any atom is 0.0487 e. The number of anilines is 1. The minimum Gasteiger partial charge on any atom is -0.381 e. The molecule has 1 nitrogen and oxygen atoms in total. The zero-order chi connectivity index (χ0) is 11.7. The van der Waals surface area contributed by atoms with Crippen molar-refractivity contribution in [2.24, 2.45) is 11.8 Å². The summed E-state index contributed by atoms with van der Waals surface area (Å²) in [6.45, 7) is 4.61. The Balaban J connectivity index is 1.91. The first-order valence-electron chi connectivity index (χ1n) is 5.78. The van der Waals surface area contributed by atoms with E-state index in [4.69, 9.17) is 11.6 Å². The Morgan fingerprint density at radius 2 is 2.06 bits per heavy atom.